The normalized spacial score (nSPS) is 13.0. The Morgan fingerprint density at radius 2 is 1.41 bits per heavy atom. The standard InChI is InChI=1S/C28H41N3O3/c1-21(2)18-26(27(32)30-29-19-22(3)4)25(17-11-16-23-12-7-5-8-13-23)28(33)31-34-20-24-14-9-6-10-15-24/h5-10,12-15,21-22,25-26,29H,11,16-20H2,1-4H3,(H,30,32)(H,31,33)/t25?,26-/m1/s1. The molecular formula is C28H41N3O3. The van der Waals surface area contributed by atoms with E-state index in [0.717, 1.165) is 18.4 Å². The van der Waals surface area contributed by atoms with Crippen LogP contribution in [0.4, 0.5) is 0 Å². The van der Waals surface area contributed by atoms with Crippen LogP contribution in [-0.4, -0.2) is 18.4 Å². The third-order valence-electron chi connectivity index (χ3n) is 5.68. The zero-order valence-electron chi connectivity index (χ0n) is 21.1. The molecule has 0 fully saturated rings. The highest BCUT2D eigenvalue weighted by molar-refractivity contribution is 5.87. The van der Waals surface area contributed by atoms with Crippen molar-refractivity contribution in [1.82, 2.24) is 16.3 Å². The van der Waals surface area contributed by atoms with Crippen LogP contribution in [0, 0.1) is 23.7 Å². The fourth-order valence-electron chi connectivity index (χ4n) is 3.92. The van der Waals surface area contributed by atoms with Crippen molar-refractivity contribution in [1.29, 1.82) is 0 Å². The van der Waals surface area contributed by atoms with Gasteiger partial charge in [-0.25, -0.2) is 10.9 Å². The van der Waals surface area contributed by atoms with Gasteiger partial charge in [0.25, 0.3) is 0 Å². The second-order valence-corrected chi connectivity index (χ2v) is 9.72. The van der Waals surface area contributed by atoms with Gasteiger partial charge in [0.05, 0.1) is 18.4 Å². The summed E-state index contributed by atoms with van der Waals surface area (Å²) >= 11 is 0. The van der Waals surface area contributed by atoms with Crippen molar-refractivity contribution in [3.05, 3.63) is 71.8 Å². The van der Waals surface area contributed by atoms with E-state index in [4.69, 9.17) is 4.84 Å². The SMILES string of the molecule is CC(C)CNNC(=O)[C@H](CC(C)C)C(CCCc1ccccc1)C(=O)NOCc1ccccc1. The molecule has 1 unspecified atom stereocenters. The predicted molar refractivity (Wildman–Crippen MR) is 136 cm³/mol. The van der Waals surface area contributed by atoms with E-state index in [1.165, 1.54) is 5.56 Å². The number of benzene rings is 2. The van der Waals surface area contributed by atoms with E-state index in [0.29, 0.717) is 25.3 Å². The lowest BCUT2D eigenvalue weighted by Gasteiger charge is -2.27. The van der Waals surface area contributed by atoms with Crippen LogP contribution in [0.15, 0.2) is 60.7 Å². The summed E-state index contributed by atoms with van der Waals surface area (Å²) in [6, 6.07) is 19.9. The average molecular weight is 468 g/mol. The molecule has 2 aromatic rings. The maximum absolute atomic E-state index is 13.2. The van der Waals surface area contributed by atoms with E-state index in [9.17, 15) is 9.59 Å². The van der Waals surface area contributed by atoms with Crippen LogP contribution >= 0.6 is 0 Å². The van der Waals surface area contributed by atoms with Gasteiger partial charge in [-0.05, 0) is 48.6 Å². The van der Waals surface area contributed by atoms with Crippen LogP contribution in [-0.2, 0) is 27.5 Å². The number of hydrogen-bond acceptors (Lipinski definition) is 4. The lowest BCUT2D eigenvalue weighted by atomic mass is 9.81. The fraction of sp³-hybridized carbons (Fsp3) is 0.500. The van der Waals surface area contributed by atoms with Gasteiger partial charge in [0.1, 0.15) is 0 Å². The van der Waals surface area contributed by atoms with Gasteiger partial charge in [-0.3, -0.25) is 19.9 Å². The van der Waals surface area contributed by atoms with Gasteiger partial charge in [-0.2, -0.15) is 0 Å². The van der Waals surface area contributed by atoms with Crippen LogP contribution in [0.3, 0.4) is 0 Å². The number of rotatable bonds is 15. The molecule has 0 heterocycles. The van der Waals surface area contributed by atoms with Gasteiger partial charge in [-0.1, -0.05) is 88.4 Å². The van der Waals surface area contributed by atoms with Crippen LogP contribution in [0.1, 0.15) is 58.1 Å². The Labute approximate surface area is 204 Å². The second-order valence-electron chi connectivity index (χ2n) is 9.72. The van der Waals surface area contributed by atoms with Gasteiger partial charge in [0.15, 0.2) is 0 Å². The first-order valence-corrected chi connectivity index (χ1v) is 12.4. The van der Waals surface area contributed by atoms with Crippen LogP contribution in [0.2, 0.25) is 0 Å². The molecule has 0 bridgehead atoms. The number of amides is 2. The minimum atomic E-state index is -0.484. The van der Waals surface area contributed by atoms with Gasteiger partial charge >= 0.3 is 0 Å². The Hall–Kier alpha value is -2.70. The molecule has 0 saturated carbocycles. The lowest BCUT2D eigenvalue weighted by Crippen LogP contribution is -2.48. The molecular weight excluding hydrogens is 426 g/mol. The monoisotopic (exact) mass is 467 g/mol. The summed E-state index contributed by atoms with van der Waals surface area (Å²) in [5.74, 6) is -0.639. The Bertz CT molecular complexity index is 840. The molecule has 186 valence electrons. The maximum Gasteiger partial charge on any atom is 0.247 e. The number of nitrogens with one attached hydrogen (secondary N) is 3. The first-order valence-electron chi connectivity index (χ1n) is 12.4. The molecule has 3 N–H and O–H groups in total. The summed E-state index contributed by atoms with van der Waals surface area (Å²) in [5.41, 5.74) is 10.7. The molecule has 2 rings (SSSR count). The zero-order chi connectivity index (χ0) is 24.8. The molecule has 6 nitrogen and oxygen atoms in total. The number of carbonyl (C=O) groups is 2. The molecule has 0 aromatic heterocycles. The predicted octanol–water partition coefficient (Wildman–Crippen LogP) is 4.81. The Morgan fingerprint density at radius 3 is 2.00 bits per heavy atom. The molecule has 6 heteroatoms. The molecule has 2 aromatic carbocycles. The van der Waals surface area contributed by atoms with E-state index in [1.54, 1.807) is 0 Å². The molecule has 0 saturated heterocycles. The zero-order valence-corrected chi connectivity index (χ0v) is 21.1. The highest BCUT2D eigenvalue weighted by Crippen LogP contribution is 2.26. The van der Waals surface area contributed by atoms with E-state index in [-0.39, 0.29) is 24.3 Å². The van der Waals surface area contributed by atoms with Crippen LogP contribution in [0.25, 0.3) is 0 Å². The van der Waals surface area contributed by atoms with Crippen molar-refractivity contribution < 1.29 is 14.4 Å². The molecule has 34 heavy (non-hydrogen) atoms. The van der Waals surface area contributed by atoms with Gasteiger partial charge in [-0.15, -0.1) is 0 Å². The lowest BCUT2D eigenvalue weighted by molar-refractivity contribution is -0.145. The van der Waals surface area contributed by atoms with E-state index >= 15 is 0 Å². The summed E-state index contributed by atoms with van der Waals surface area (Å²) in [5, 5.41) is 0. The van der Waals surface area contributed by atoms with E-state index in [2.05, 4.69) is 56.2 Å². The molecule has 2 atom stereocenters. The van der Waals surface area contributed by atoms with Crippen molar-refractivity contribution in [2.24, 2.45) is 23.7 Å². The van der Waals surface area contributed by atoms with E-state index < -0.39 is 11.8 Å². The van der Waals surface area contributed by atoms with Crippen molar-refractivity contribution in [3.63, 3.8) is 0 Å². The molecule has 2 amide bonds. The van der Waals surface area contributed by atoms with Crippen LogP contribution < -0.4 is 16.3 Å². The highest BCUT2D eigenvalue weighted by atomic mass is 16.6. The maximum atomic E-state index is 13.2. The van der Waals surface area contributed by atoms with Gasteiger partial charge in [0.2, 0.25) is 11.8 Å². The summed E-state index contributed by atoms with van der Waals surface area (Å²) in [6.45, 7) is 9.26. The fourth-order valence-corrected chi connectivity index (χ4v) is 3.92. The van der Waals surface area contributed by atoms with Gasteiger partial charge in [0, 0.05) is 6.54 Å². The number of aryl methyl sites for hydroxylation is 1. The Balaban J connectivity index is 2.07. The third kappa shape index (κ3) is 10.5. The number of hydrazine groups is 1. The largest absolute Gasteiger partial charge is 0.291 e. The summed E-state index contributed by atoms with van der Waals surface area (Å²) in [7, 11) is 0. The smallest absolute Gasteiger partial charge is 0.247 e. The highest BCUT2D eigenvalue weighted by Gasteiger charge is 2.34. The minimum Gasteiger partial charge on any atom is -0.291 e. The number of hydroxylamine groups is 1. The molecule has 0 aliphatic rings. The first kappa shape index (κ1) is 27.5. The first-order chi connectivity index (χ1) is 16.4. The second kappa shape index (κ2) is 15.3. The topological polar surface area (TPSA) is 79.5 Å². The van der Waals surface area contributed by atoms with Crippen molar-refractivity contribution in [3.8, 4) is 0 Å². The quantitative estimate of drug-likeness (QED) is 0.328. The number of carbonyl (C=O) groups excluding carboxylic acids is 2. The summed E-state index contributed by atoms with van der Waals surface area (Å²) < 4.78 is 0. The molecule has 0 radical (unpaired) electrons. The van der Waals surface area contributed by atoms with Crippen molar-refractivity contribution >= 4 is 11.8 Å². The van der Waals surface area contributed by atoms with Crippen molar-refractivity contribution in [2.75, 3.05) is 6.54 Å². The average Bonchev–Trinajstić information content (AvgIpc) is 2.81. The van der Waals surface area contributed by atoms with Gasteiger partial charge < -0.3 is 0 Å². The molecule has 0 aliphatic heterocycles. The van der Waals surface area contributed by atoms with E-state index in [1.807, 2.05) is 48.5 Å². The molecule has 0 aliphatic carbocycles. The van der Waals surface area contributed by atoms with Crippen LogP contribution in [0.5, 0.6) is 0 Å². The molecule has 0 spiro atoms. The summed E-state index contributed by atoms with van der Waals surface area (Å²) in [6.07, 6.45) is 2.89. The number of hydrogen-bond donors (Lipinski definition) is 3. The van der Waals surface area contributed by atoms with Crippen molar-refractivity contribution in [2.45, 2.75) is 60.0 Å². The minimum absolute atomic E-state index is 0.141. The Kier molecular flexibility index (Phi) is 12.4. The summed E-state index contributed by atoms with van der Waals surface area (Å²) in [4.78, 5) is 31.9. The Morgan fingerprint density at radius 1 is 0.794 bits per heavy atom. The third-order valence-corrected chi connectivity index (χ3v) is 5.68.